The van der Waals surface area contributed by atoms with E-state index in [1.165, 1.54) is 11.8 Å². The fraction of sp³-hybridized carbons (Fsp3) is 0.312. The maximum atomic E-state index is 13.7. The summed E-state index contributed by atoms with van der Waals surface area (Å²) in [5.74, 6) is 0.298. The number of carbonyl (C=O) groups is 2. The van der Waals surface area contributed by atoms with Crippen molar-refractivity contribution in [3.05, 3.63) is 94.3 Å². The molecule has 1 fully saturated rings. The zero-order valence-corrected chi connectivity index (χ0v) is 24.1. The molecule has 8 nitrogen and oxygen atoms in total. The average Bonchev–Trinajstić information content (AvgIpc) is 3.51. The Morgan fingerprint density at radius 3 is 2.46 bits per heavy atom. The fourth-order valence-corrected chi connectivity index (χ4v) is 6.08. The largest absolute Gasteiger partial charge is 0.495 e. The maximum absolute atomic E-state index is 13.7. The molecule has 9 heteroatoms. The number of anilines is 1. The molecule has 0 radical (unpaired) electrons. The Kier molecular flexibility index (Phi) is 9.04. The zero-order valence-electron chi connectivity index (χ0n) is 23.3. The summed E-state index contributed by atoms with van der Waals surface area (Å²) in [6, 6.07) is 22.0. The molecule has 1 heterocycles. The Bertz CT molecular complexity index is 1600. The summed E-state index contributed by atoms with van der Waals surface area (Å²) in [6.45, 7) is 2.19. The predicted octanol–water partition coefficient (Wildman–Crippen LogP) is 5.64. The minimum absolute atomic E-state index is 0.0731. The summed E-state index contributed by atoms with van der Waals surface area (Å²) in [5.41, 5.74) is 2.43. The van der Waals surface area contributed by atoms with Gasteiger partial charge >= 0.3 is 0 Å². The van der Waals surface area contributed by atoms with Crippen LogP contribution in [0.25, 0.3) is 10.9 Å². The van der Waals surface area contributed by atoms with E-state index in [2.05, 4.69) is 10.6 Å². The van der Waals surface area contributed by atoms with Gasteiger partial charge in [-0.1, -0.05) is 67.9 Å². The molecule has 1 aliphatic carbocycles. The van der Waals surface area contributed by atoms with Crippen molar-refractivity contribution in [1.82, 2.24) is 14.9 Å². The molecular weight excluding hydrogens is 536 g/mol. The molecule has 5 rings (SSSR count). The minimum Gasteiger partial charge on any atom is -0.495 e. The number of benzene rings is 3. The van der Waals surface area contributed by atoms with Gasteiger partial charge in [-0.25, -0.2) is 4.98 Å². The van der Waals surface area contributed by atoms with E-state index in [1.807, 2.05) is 43.3 Å². The first-order valence-electron chi connectivity index (χ1n) is 14.0. The molecule has 1 aromatic heterocycles. The number of ether oxygens (including phenoxy) is 1. The first-order valence-corrected chi connectivity index (χ1v) is 14.8. The lowest BCUT2D eigenvalue weighted by Crippen LogP contribution is -2.32. The van der Waals surface area contributed by atoms with Crippen molar-refractivity contribution in [2.75, 3.05) is 12.4 Å². The Morgan fingerprint density at radius 1 is 1.02 bits per heavy atom. The van der Waals surface area contributed by atoms with Gasteiger partial charge in [0.2, 0.25) is 5.91 Å². The summed E-state index contributed by atoms with van der Waals surface area (Å²) in [6.07, 6.45) is 4.88. The second kappa shape index (κ2) is 13.0. The summed E-state index contributed by atoms with van der Waals surface area (Å²) >= 11 is 1.27. The second-order valence-electron chi connectivity index (χ2n) is 10.2. The number of aromatic nitrogens is 2. The molecular formula is C32H34N4O4S. The highest BCUT2D eigenvalue weighted by Crippen LogP contribution is 2.29. The predicted molar refractivity (Wildman–Crippen MR) is 163 cm³/mol. The number of nitrogens with zero attached hydrogens (tertiary/aromatic N) is 2. The molecule has 212 valence electrons. The Morgan fingerprint density at radius 2 is 1.73 bits per heavy atom. The Labute approximate surface area is 243 Å². The molecule has 4 aromatic rings. The normalized spacial score (nSPS) is 14.1. The van der Waals surface area contributed by atoms with E-state index in [1.54, 1.807) is 48.1 Å². The van der Waals surface area contributed by atoms with Gasteiger partial charge < -0.3 is 15.4 Å². The smallest absolute Gasteiger partial charge is 0.262 e. The van der Waals surface area contributed by atoms with Crippen LogP contribution in [-0.2, 0) is 11.3 Å². The number of thioether (sulfide) groups is 1. The van der Waals surface area contributed by atoms with Crippen LogP contribution in [0.5, 0.6) is 5.75 Å². The fourth-order valence-electron chi connectivity index (χ4n) is 5.07. The van der Waals surface area contributed by atoms with Gasteiger partial charge in [-0.15, -0.1) is 0 Å². The van der Waals surface area contributed by atoms with Gasteiger partial charge in [-0.3, -0.25) is 19.0 Å². The van der Waals surface area contributed by atoms with Crippen molar-refractivity contribution in [3.63, 3.8) is 0 Å². The van der Waals surface area contributed by atoms with Crippen LogP contribution in [0.4, 0.5) is 5.69 Å². The van der Waals surface area contributed by atoms with Crippen molar-refractivity contribution < 1.29 is 14.3 Å². The summed E-state index contributed by atoms with van der Waals surface area (Å²) in [5, 5.41) is 6.54. The second-order valence-corrected chi connectivity index (χ2v) is 11.3. The van der Waals surface area contributed by atoms with E-state index < -0.39 is 5.25 Å². The zero-order chi connectivity index (χ0) is 28.8. The highest BCUT2D eigenvalue weighted by Gasteiger charge is 2.23. The number of fused-ring (bicyclic) bond motifs is 1. The summed E-state index contributed by atoms with van der Waals surface area (Å²) in [4.78, 5) is 44.5. The number of carbonyl (C=O) groups excluding carboxylic acids is 2. The number of nitrogens with one attached hydrogen (secondary N) is 2. The van der Waals surface area contributed by atoms with Crippen LogP contribution in [0.15, 0.2) is 82.7 Å². The molecule has 1 atom stereocenters. The third-order valence-corrected chi connectivity index (χ3v) is 8.70. The van der Waals surface area contributed by atoms with Crippen molar-refractivity contribution in [1.29, 1.82) is 0 Å². The average molecular weight is 571 g/mol. The van der Waals surface area contributed by atoms with Crippen molar-refractivity contribution in [3.8, 4) is 5.75 Å². The molecule has 1 unspecified atom stereocenters. The maximum Gasteiger partial charge on any atom is 0.262 e. The molecule has 1 saturated carbocycles. The molecule has 0 aliphatic heterocycles. The van der Waals surface area contributed by atoms with Crippen LogP contribution in [-0.4, -0.2) is 39.8 Å². The SMILES string of the molecule is CCC(Sc1nc2ccccc2c(=O)n1Cc1ccc(C(=O)NC2CCCC2)cc1)C(=O)Nc1ccccc1OC. The lowest BCUT2D eigenvalue weighted by Gasteiger charge is -2.19. The molecule has 41 heavy (non-hydrogen) atoms. The van der Waals surface area contributed by atoms with E-state index in [-0.39, 0.29) is 30.0 Å². The highest BCUT2D eigenvalue weighted by molar-refractivity contribution is 8.00. The van der Waals surface area contributed by atoms with Gasteiger partial charge in [-0.05, 0) is 61.2 Å². The molecule has 3 aromatic carbocycles. The van der Waals surface area contributed by atoms with Crippen LogP contribution in [0.2, 0.25) is 0 Å². The van der Waals surface area contributed by atoms with E-state index in [4.69, 9.17) is 9.72 Å². The van der Waals surface area contributed by atoms with Crippen LogP contribution >= 0.6 is 11.8 Å². The number of hydrogen-bond acceptors (Lipinski definition) is 6. The van der Waals surface area contributed by atoms with Crippen molar-refractivity contribution in [2.45, 2.75) is 62.0 Å². The number of methoxy groups -OCH3 is 1. The standard InChI is InChI=1S/C32H34N4O4S/c1-3-28(30(38)34-26-14-8-9-15-27(26)40-2)41-32-35-25-13-7-6-12-24(25)31(39)36(32)20-21-16-18-22(19-17-21)29(37)33-23-10-4-5-11-23/h6-9,12-19,23,28H,3-5,10-11,20H2,1-2H3,(H,33,37)(H,34,38). The number of rotatable bonds is 10. The van der Waals surface area contributed by atoms with Gasteiger partial charge in [0.25, 0.3) is 11.5 Å². The van der Waals surface area contributed by atoms with Gasteiger partial charge in [0, 0.05) is 11.6 Å². The van der Waals surface area contributed by atoms with Gasteiger partial charge in [0.1, 0.15) is 5.75 Å². The molecule has 1 aliphatic rings. The summed E-state index contributed by atoms with van der Waals surface area (Å²) in [7, 11) is 1.56. The van der Waals surface area contributed by atoms with E-state index >= 15 is 0 Å². The van der Waals surface area contributed by atoms with Crippen molar-refractivity contribution in [2.24, 2.45) is 0 Å². The van der Waals surface area contributed by atoms with Crippen LogP contribution in [0, 0.1) is 0 Å². The molecule has 2 N–H and O–H groups in total. The number of para-hydroxylation sites is 3. The van der Waals surface area contributed by atoms with E-state index in [0.29, 0.717) is 39.5 Å². The topological polar surface area (TPSA) is 102 Å². The monoisotopic (exact) mass is 570 g/mol. The quantitative estimate of drug-likeness (QED) is 0.189. The van der Waals surface area contributed by atoms with E-state index in [0.717, 1.165) is 31.2 Å². The summed E-state index contributed by atoms with van der Waals surface area (Å²) < 4.78 is 6.99. The highest BCUT2D eigenvalue weighted by atomic mass is 32.2. The first kappa shape index (κ1) is 28.4. The van der Waals surface area contributed by atoms with Crippen LogP contribution < -0.4 is 20.9 Å². The van der Waals surface area contributed by atoms with Gasteiger partial charge in [0.05, 0.1) is 35.5 Å². The minimum atomic E-state index is -0.499. The van der Waals surface area contributed by atoms with E-state index in [9.17, 15) is 14.4 Å². The van der Waals surface area contributed by atoms with Crippen LogP contribution in [0.3, 0.4) is 0 Å². The third kappa shape index (κ3) is 6.62. The van der Waals surface area contributed by atoms with Crippen LogP contribution in [0.1, 0.15) is 54.9 Å². The molecule has 0 spiro atoms. The number of hydrogen-bond donors (Lipinski definition) is 2. The molecule has 0 bridgehead atoms. The third-order valence-electron chi connectivity index (χ3n) is 7.35. The Hall–Kier alpha value is -4.11. The lowest BCUT2D eigenvalue weighted by molar-refractivity contribution is -0.115. The lowest BCUT2D eigenvalue weighted by atomic mass is 10.1. The van der Waals surface area contributed by atoms with Gasteiger partial charge in [-0.2, -0.15) is 0 Å². The molecule has 2 amide bonds. The Balaban J connectivity index is 1.40. The molecule has 0 saturated heterocycles. The van der Waals surface area contributed by atoms with Gasteiger partial charge in [0.15, 0.2) is 5.16 Å². The number of amides is 2. The first-order chi connectivity index (χ1) is 20.0. The van der Waals surface area contributed by atoms with Crippen molar-refractivity contribution >= 4 is 40.2 Å².